The number of carbonyl (C=O) groups excluding carboxylic acids is 1. The van der Waals surface area contributed by atoms with E-state index in [1.54, 1.807) is 37.5 Å². The molecule has 0 radical (unpaired) electrons. The molecule has 0 aromatic heterocycles. The Bertz CT molecular complexity index is 556. The Labute approximate surface area is 112 Å². The van der Waals surface area contributed by atoms with Crippen LogP contribution in [0.3, 0.4) is 0 Å². The summed E-state index contributed by atoms with van der Waals surface area (Å²) in [6.45, 7) is 0. The van der Waals surface area contributed by atoms with Crippen LogP contribution in [0.4, 0.5) is 0 Å². The van der Waals surface area contributed by atoms with Crippen molar-refractivity contribution in [1.29, 1.82) is 0 Å². The fourth-order valence-corrected chi connectivity index (χ4v) is 1.53. The molecule has 2 aromatic rings. The molecule has 0 N–H and O–H groups in total. The number of esters is 1. The van der Waals surface area contributed by atoms with Crippen LogP contribution in [0, 0.1) is 0 Å². The molecule has 0 spiro atoms. The number of methoxy groups -OCH3 is 1. The average molecular weight is 254 g/mol. The largest absolute Gasteiger partial charge is 0.497 e. The first kappa shape index (κ1) is 12.9. The van der Waals surface area contributed by atoms with Crippen molar-refractivity contribution in [3.63, 3.8) is 0 Å². The molecule has 0 aliphatic heterocycles. The van der Waals surface area contributed by atoms with Gasteiger partial charge in [0.1, 0.15) is 5.75 Å². The number of carbonyl (C=O) groups is 1. The lowest BCUT2D eigenvalue weighted by atomic mass is 10.2. The van der Waals surface area contributed by atoms with Crippen molar-refractivity contribution in [3.05, 3.63) is 72.0 Å². The van der Waals surface area contributed by atoms with Crippen LogP contribution in [0.2, 0.25) is 0 Å². The maximum absolute atomic E-state index is 11.7. The minimum absolute atomic E-state index is 0.394. The van der Waals surface area contributed by atoms with Gasteiger partial charge in [-0.1, -0.05) is 30.3 Å². The molecule has 0 aliphatic carbocycles. The van der Waals surface area contributed by atoms with Crippen LogP contribution in [-0.2, 0) is 4.74 Å². The normalized spacial score (nSPS) is 10.4. The molecule has 0 unspecified atom stereocenters. The maximum atomic E-state index is 11.7. The van der Waals surface area contributed by atoms with Gasteiger partial charge in [-0.2, -0.15) is 0 Å². The SMILES string of the molecule is COc1ccc(C(=O)OC=Cc2ccccc2)cc1. The third-order valence-electron chi connectivity index (χ3n) is 2.56. The molecule has 0 saturated heterocycles. The lowest BCUT2D eigenvalue weighted by Gasteiger charge is -2.01. The van der Waals surface area contributed by atoms with Gasteiger partial charge in [0.15, 0.2) is 0 Å². The van der Waals surface area contributed by atoms with Crippen LogP contribution < -0.4 is 4.74 Å². The van der Waals surface area contributed by atoms with E-state index in [1.165, 1.54) is 6.26 Å². The Morgan fingerprint density at radius 1 is 1.00 bits per heavy atom. The first-order valence-corrected chi connectivity index (χ1v) is 5.86. The number of rotatable bonds is 4. The van der Waals surface area contributed by atoms with Crippen LogP contribution in [0.25, 0.3) is 6.08 Å². The van der Waals surface area contributed by atoms with Crippen molar-refractivity contribution < 1.29 is 14.3 Å². The van der Waals surface area contributed by atoms with Gasteiger partial charge >= 0.3 is 5.97 Å². The summed E-state index contributed by atoms with van der Waals surface area (Å²) in [5.41, 5.74) is 1.46. The summed E-state index contributed by atoms with van der Waals surface area (Å²) < 4.78 is 10.1. The average Bonchev–Trinajstić information content (AvgIpc) is 2.48. The molecule has 19 heavy (non-hydrogen) atoms. The quantitative estimate of drug-likeness (QED) is 0.618. The smallest absolute Gasteiger partial charge is 0.342 e. The summed E-state index contributed by atoms with van der Waals surface area (Å²) in [7, 11) is 1.58. The predicted octanol–water partition coefficient (Wildman–Crippen LogP) is 3.52. The van der Waals surface area contributed by atoms with Gasteiger partial charge in [-0.05, 0) is 35.9 Å². The van der Waals surface area contributed by atoms with Crippen molar-refractivity contribution in [2.45, 2.75) is 0 Å². The van der Waals surface area contributed by atoms with Gasteiger partial charge in [0.25, 0.3) is 0 Å². The zero-order valence-electron chi connectivity index (χ0n) is 10.6. The topological polar surface area (TPSA) is 35.5 Å². The number of benzene rings is 2. The number of hydrogen-bond donors (Lipinski definition) is 0. The van der Waals surface area contributed by atoms with E-state index >= 15 is 0 Å². The van der Waals surface area contributed by atoms with E-state index in [4.69, 9.17) is 9.47 Å². The lowest BCUT2D eigenvalue weighted by molar-refractivity contribution is 0.0665. The Balaban J connectivity index is 1.95. The second-order valence-electron chi connectivity index (χ2n) is 3.85. The standard InChI is InChI=1S/C16H14O3/c1-18-15-9-7-14(8-10-15)16(17)19-12-11-13-5-3-2-4-6-13/h2-12H,1H3. The zero-order valence-corrected chi connectivity index (χ0v) is 10.6. The summed E-state index contributed by atoms with van der Waals surface area (Å²) >= 11 is 0. The van der Waals surface area contributed by atoms with E-state index in [0.29, 0.717) is 11.3 Å². The van der Waals surface area contributed by atoms with E-state index in [1.807, 2.05) is 30.3 Å². The zero-order chi connectivity index (χ0) is 13.5. The van der Waals surface area contributed by atoms with Crippen LogP contribution >= 0.6 is 0 Å². The van der Waals surface area contributed by atoms with Gasteiger partial charge in [0.2, 0.25) is 0 Å². The molecule has 2 rings (SSSR count). The van der Waals surface area contributed by atoms with Gasteiger partial charge in [-0.25, -0.2) is 4.79 Å². The molecule has 0 amide bonds. The van der Waals surface area contributed by atoms with Crippen molar-refractivity contribution >= 4 is 12.0 Å². The molecule has 2 aromatic carbocycles. The minimum Gasteiger partial charge on any atom is -0.497 e. The molecule has 3 nitrogen and oxygen atoms in total. The Kier molecular flexibility index (Phi) is 4.34. The van der Waals surface area contributed by atoms with E-state index in [2.05, 4.69) is 0 Å². The van der Waals surface area contributed by atoms with Gasteiger partial charge in [0, 0.05) is 0 Å². The maximum Gasteiger partial charge on any atom is 0.342 e. The summed E-state index contributed by atoms with van der Waals surface area (Å²) in [6.07, 6.45) is 3.13. The van der Waals surface area contributed by atoms with Crippen molar-refractivity contribution in [2.24, 2.45) is 0 Å². The van der Waals surface area contributed by atoms with Gasteiger partial charge in [0.05, 0.1) is 18.9 Å². The molecule has 0 saturated carbocycles. The van der Waals surface area contributed by atoms with Gasteiger partial charge in [-0.3, -0.25) is 0 Å². The van der Waals surface area contributed by atoms with Crippen LogP contribution in [0.1, 0.15) is 15.9 Å². The van der Waals surface area contributed by atoms with E-state index in [0.717, 1.165) is 5.56 Å². The highest BCUT2D eigenvalue weighted by atomic mass is 16.5. The fraction of sp³-hybridized carbons (Fsp3) is 0.0625. The number of hydrogen-bond acceptors (Lipinski definition) is 3. The summed E-state index contributed by atoms with van der Waals surface area (Å²) in [4.78, 5) is 11.7. The molecular formula is C16H14O3. The molecular weight excluding hydrogens is 240 g/mol. The Hall–Kier alpha value is -2.55. The van der Waals surface area contributed by atoms with Crippen LogP contribution in [-0.4, -0.2) is 13.1 Å². The highest BCUT2D eigenvalue weighted by molar-refractivity contribution is 5.90. The molecule has 0 bridgehead atoms. The first-order chi connectivity index (χ1) is 9.29. The molecule has 0 atom stereocenters. The summed E-state index contributed by atoms with van der Waals surface area (Å²) in [6, 6.07) is 16.4. The minimum atomic E-state index is -0.394. The Morgan fingerprint density at radius 2 is 1.68 bits per heavy atom. The third-order valence-corrected chi connectivity index (χ3v) is 2.56. The first-order valence-electron chi connectivity index (χ1n) is 5.86. The van der Waals surface area contributed by atoms with Gasteiger partial charge < -0.3 is 9.47 Å². The van der Waals surface area contributed by atoms with Crippen LogP contribution in [0.5, 0.6) is 5.75 Å². The molecule has 0 aliphatic rings. The summed E-state index contributed by atoms with van der Waals surface area (Å²) in [5, 5.41) is 0. The summed E-state index contributed by atoms with van der Waals surface area (Å²) in [5.74, 6) is 0.311. The van der Waals surface area contributed by atoms with Crippen molar-refractivity contribution in [3.8, 4) is 5.75 Å². The molecule has 96 valence electrons. The second-order valence-corrected chi connectivity index (χ2v) is 3.85. The highest BCUT2D eigenvalue weighted by Crippen LogP contribution is 2.12. The third kappa shape index (κ3) is 3.71. The predicted molar refractivity (Wildman–Crippen MR) is 73.9 cm³/mol. The number of ether oxygens (including phenoxy) is 2. The van der Waals surface area contributed by atoms with Crippen molar-refractivity contribution in [1.82, 2.24) is 0 Å². The van der Waals surface area contributed by atoms with Crippen LogP contribution in [0.15, 0.2) is 60.9 Å². The molecule has 0 fully saturated rings. The van der Waals surface area contributed by atoms with Crippen molar-refractivity contribution in [2.75, 3.05) is 7.11 Å². The van der Waals surface area contributed by atoms with E-state index in [9.17, 15) is 4.79 Å². The van der Waals surface area contributed by atoms with E-state index in [-0.39, 0.29) is 0 Å². The molecule has 0 heterocycles. The van der Waals surface area contributed by atoms with E-state index < -0.39 is 5.97 Å². The second kappa shape index (κ2) is 6.40. The molecule has 3 heteroatoms. The fourth-order valence-electron chi connectivity index (χ4n) is 1.53. The highest BCUT2D eigenvalue weighted by Gasteiger charge is 2.05. The van der Waals surface area contributed by atoms with Gasteiger partial charge in [-0.15, -0.1) is 0 Å². The monoisotopic (exact) mass is 254 g/mol. The lowest BCUT2D eigenvalue weighted by Crippen LogP contribution is -2.00. The Morgan fingerprint density at radius 3 is 2.32 bits per heavy atom.